The predicted molar refractivity (Wildman–Crippen MR) is 132 cm³/mol. The van der Waals surface area contributed by atoms with Crippen LogP contribution in [-0.2, 0) is 0 Å². The zero-order chi connectivity index (χ0) is 22.7. The minimum atomic E-state index is -0.338. The Hall–Kier alpha value is -2.83. The van der Waals surface area contributed by atoms with Crippen LogP contribution in [0, 0.1) is 11.7 Å². The maximum absolute atomic E-state index is 14.5. The van der Waals surface area contributed by atoms with Crippen molar-refractivity contribution in [3.63, 3.8) is 0 Å². The smallest absolute Gasteiger partial charge is 0.132 e. The van der Waals surface area contributed by atoms with Gasteiger partial charge in [-0.25, -0.2) is 9.37 Å². The predicted octanol–water partition coefficient (Wildman–Crippen LogP) is 4.84. The number of aromatic nitrogens is 2. The van der Waals surface area contributed by atoms with Crippen LogP contribution in [0.4, 0.5) is 10.1 Å². The molecule has 2 aromatic heterocycles. The Morgan fingerprint density at radius 3 is 2.79 bits per heavy atom. The zero-order valence-corrected chi connectivity index (χ0v) is 19.4. The Kier molecular flexibility index (Phi) is 4.96. The van der Waals surface area contributed by atoms with Crippen LogP contribution in [0.5, 0.6) is 0 Å². The molecule has 6 rings (SSSR count). The van der Waals surface area contributed by atoms with Crippen molar-refractivity contribution in [2.24, 2.45) is 10.9 Å². The number of halogens is 2. The summed E-state index contributed by atoms with van der Waals surface area (Å²) in [6.07, 6.45) is 3.94. The van der Waals surface area contributed by atoms with Crippen LogP contribution in [0.2, 0.25) is 5.02 Å². The van der Waals surface area contributed by atoms with E-state index in [9.17, 15) is 4.39 Å². The molecule has 2 saturated heterocycles. The highest BCUT2D eigenvalue weighted by Crippen LogP contribution is 2.36. The molecule has 1 aromatic carbocycles. The van der Waals surface area contributed by atoms with E-state index >= 15 is 0 Å². The summed E-state index contributed by atoms with van der Waals surface area (Å²) < 4.78 is 14.5. The van der Waals surface area contributed by atoms with E-state index in [-0.39, 0.29) is 5.82 Å². The summed E-state index contributed by atoms with van der Waals surface area (Å²) in [7, 11) is 0. The van der Waals surface area contributed by atoms with E-state index in [0.717, 1.165) is 47.0 Å². The molecule has 0 N–H and O–H groups in total. The highest BCUT2D eigenvalue weighted by atomic mass is 35.5. The molecule has 3 aliphatic heterocycles. The van der Waals surface area contributed by atoms with Gasteiger partial charge in [-0.3, -0.25) is 14.9 Å². The Bertz CT molecular complexity index is 1320. The molecule has 33 heavy (non-hydrogen) atoms. The highest BCUT2D eigenvalue weighted by molar-refractivity contribution is 6.35. The first kappa shape index (κ1) is 20.8. The molecule has 0 bridgehead atoms. The number of rotatable bonds is 4. The molecule has 0 aliphatic carbocycles. The van der Waals surface area contributed by atoms with Crippen LogP contribution >= 0.6 is 11.6 Å². The molecule has 168 valence electrons. The van der Waals surface area contributed by atoms with Crippen molar-refractivity contribution in [2.45, 2.75) is 25.9 Å². The van der Waals surface area contributed by atoms with Crippen molar-refractivity contribution in [2.75, 3.05) is 31.1 Å². The largest absolute Gasteiger partial charge is 0.368 e. The minimum Gasteiger partial charge on any atom is -0.368 e. The molecule has 0 saturated carbocycles. The van der Waals surface area contributed by atoms with E-state index in [0.29, 0.717) is 34.9 Å². The van der Waals surface area contributed by atoms with Crippen molar-refractivity contribution in [3.8, 4) is 0 Å². The average molecular weight is 462 g/mol. The zero-order valence-electron chi connectivity index (χ0n) is 18.7. The number of pyridine rings is 2. The number of likely N-dealkylation sites (tertiary alicyclic amines) is 1. The monoisotopic (exact) mass is 461 g/mol. The van der Waals surface area contributed by atoms with Crippen LogP contribution in [-0.4, -0.2) is 58.8 Å². The topological polar surface area (TPSA) is 44.6 Å². The number of hydrogen-bond acceptors (Lipinski definition) is 5. The Labute approximate surface area is 197 Å². The molecular formula is C26H25ClFN5. The second-order valence-corrected chi connectivity index (χ2v) is 9.82. The fourth-order valence-electron chi connectivity index (χ4n) is 5.35. The van der Waals surface area contributed by atoms with Crippen molar-refractivity contribution >= 4 is 39.6 Å². The van der Waals surface area contributed by atoms with Crippen molar-refractivity contribution in [3.05, 3.63) is 70.8 Å². The standard InChI is InChI=1S/C26H25ClFN5/c1-15(2)33-13-16-12-32(14-25(16)33)18-10-24-23(30-11-18)6-5-22(31-24)19-7-8-29-26(19)20-9-17(27)3-4-21(20)28/h3-7,9-11,15-16,25H,8,12-14H2,1-2H3. The Morgan fingerprint density at radius 2 is 1.94 bits per heavy atom. The summed E-state index contributed by atoms with van der Waals surface area (Å²) >= 11 is 6.13. The molecule has 0 amide bonds. The van der Waals surface area contributed by atoms with Crippen LogP contribution in [0.1, 0.15) is 25.1 Å². The van der Waals surface area contributed by atoms with E-state index in [1.165, 1.54) is 12.6 Å². The van der Waals surface area contributed by atoms with E-state index < -0.39 is 0 Å². The van der Waals surface area contributed by atoms with Crippen molar-refractivity contribution in [1.29, 1.82) is 0 Å². The normalized spacial score (nSPS) is 22.5. The molecule has 7 heteroatoms. The van der Waals surface area contributed by atoms with Gasteiger partial charge in [-0.1, -0.05) is 17.7 Å². The maximum Gasteiger partial charge on any atom is 0.132 e. The molecule has 2 fully saturated rings. The Morgan fingerprint density at radius 1 is 1.06 bits per heavy atom. The maximum atomic E-state index is 14.5. The van der Waals surface area contributed by atoms with Gasteiger partial charge in [0.15, 0.2) is 0 Å². The number of hydrogen-bond donors (Lipinski definition) is 0. The number of anilines is 1. The molecule has 5 heterocycles. The minimum absolute atomic E-state index is 0.338. The number of allylic oxidation sites excluding steroid dienone is 1. The number of fused-ring (bicyclic) bond motifs is 2. The molecule has 3 aromatic rings. The third-order valence-electron chi connectivity index (χ3n) is 7.09. The first-order valence-corrected chi connectivity index (χ1v) is 11.8. The second kappa shape index (κ2) is 7.89. The van der Waals surface area contributed by atoms with E-state index in [1.54, 1.807) is 12.1 Å². The molecular weight excluding hydrogens is 437 g/mol. The van der Waals surface area contributed by atoms with Crippen LogP contribution < -0.4 is 4.90 Å². The SMILES string of the molecule is CC(C)N1CC2CN(c3cnc4ccc(C5=CCN=C5c5cc(Cl)ccc5F)nc4c3)CC21. The molecule has 0 radical (unpaired) electrons. The summed E-state index contributed by atoms with van der Waals surface area (Å²) in [5.74, 6) is 0.396. The van der Waals surface area contributed by atoms with Gasteiger partial charge >= 0.3 is 0 Å². The first-order chi connectivity index (χ1) is 16.0. The van der Waals surface area contributed by atoms with E-state index in [2.05, 4.69) is 39.7 Å². The first-order valence-electron chi connectivity index (χ1n) is 11.5. The second-order valence-electron chi connectivity index (χ2n) is 9.38. The molecule has 2 atom stereocenters. The van der Waals surface area contributed by atoms with Gasteiger partial charge in [-0.05, 0) is 50.2 Å². The quantitative estimate of drug-likeness (QED) is 0.557. The van der Waals surface area contributed by atoms with Gasteiger partial charge in [0.2, 0.25) is 0 Å². The van der Waals surface area contributed by atoms with Gasteiger partial charge in [-0.2, -0.15) is 0 Å². The summed E-state index contributed by atoms with van der Waals surface area (Å²) in [6, 6.07) is 11.8. The molecule has 2 unspecified atom stereocenters. The molecule has 5 nitrogen and oxygen atoms in total. The van der Waals surface area contributed by atoms with Gasteiger partial charge in [0, 0.05) is 53.8 Å². The number of aliphatic imine (C=N–C) groups is 1. The lowest BCUT2D eigenvalue weighted by Crippen LogP contribution is -2.58. The lowest BCUT2D eigenvalue weighted by Gasteiger charge is -2.46. The van der Waals surface area contributed by atoms with Crippen LogP contribution in [0.25, 0.3) is 16.6 Å². The van der Waals surface area contributed by atoms with E-state index in [1.807, 2.05) is 24.4 Å². The van der Waals surface area contributed by atoms with Gasteiger partial charge in [0.1, 0.15) is 5.82 Å². The summed E-state index contributed by atoms with van der Waals surface area (Å²) in [4.78, 5) is 19.1. The molecule has 3 aliphatic rings. The summed E-state index contributed by atoms with van der Waals surface area (Å²) in [5.41, 5.74) is 5.39. The van der Waals surface area contributed by atoms with Crippen molar-refractivity contribution in [1.82, 2.24) is 14.9 Å². The van der Waals surface area contributed by atoms with Gasteiger partial charge in [0.05, 0.1) is 40.9 Å². The summed E-state index contributed by atoms with van der Waals surface area (Å²) in [6.45, 7) is 8.32. The van der Waals surface area contributed by atoms with Gasteiger partial charge in [-0.15, -0.1) is 0 Å². The van der Waals surface area contributed by atoms with Gasteiger partial charge < -0.3 is 4.90 Å². The van der Waals surface area contributed by atoms with E-state index in [4.69, 9.17) is 16.6 Å². The van der Waals surface area contributed by atoms with Crippen LogP contribution in [0.15, 0.2) is 53.7 Å². The number of nitrogens with zero attached hydrogens (tertiary/aromatic N) is 5. The number of benzene rings is 1. The fraction of sp³-hybridized carbons (Fsp3) is 0.346. The van der Waals surface area contributed by atoms with Gasteiger partial charge in [0.25, 0.3) is 0 Å². The van der Waals surface area contributed by atoms with Crippen molar-refractivity contribution < 1.29 is 4.39 Å². The third-order valence-corrected chi connectivity index (χ3v) is 7.32. The van der Waals surface area contributed by atoms with Crippen LogP contribution in [0.3, 0.4) is 0 Å². The third kappa shape index (κ3) is 3.52. The average Bonchev–Trinajstić information content (AvgIpc) is 3.40. The fourth-order valence-corrected chi connectivity index (χ4v) is 5.52. The lowest BCUT2D eigenvalue weighted by molar-refractivity contribution is 0.0218. The highest BCUT2D eigenvalue weighted by Gasteiger charge is 2.46. The lowest BCUT2D eigenvalue weighted by atomic mass is 9.90. The molecule has 0 spiro atoms. The Balaban J connectivity index is 1.31. The summed E-state index contributed by atoms with van der Waals surface area (Å²) in [5, 5.41) is 0.483.